The van der Waals surface area contributed by atoms with Gasteiger partial charge >= 0.3 is 0 Å². The molecule has 108 valence electrons. The van der Waals surface area contributed by atoms with Crippen molar-refractivity contribution in [2.24, 2.45) is 16.6 Å². The molecule has 4 heteroatoms. The van der Waals surface area contributed by atoms with E-state index in [1.807, 2.05) is 24.3 Å². The van der Waals surface area contributed by atoms with Gasteiger partial charge in [-0.15, -0.1) is 0 Å². The Morgan fingerprint density at radius 3 is 2.50 bits per heavy atom. The average Bonchev–Trinajstić information content (AvgIpc) is 3.30. The molecular formula is C16H21BrN2O. The van der Waals surface area contributed by atoms with Crippen LogP contribution in [0.5, 0.6) is 0 Å². The van der Waals surface area contributed by atoms with Crippen LogP contribution in [-0.4, -0.2) is 11.9 Å². The summed E-state index contributed by atoms with van der Waals surface area (Å²) >= 11 is 3.38. The van der Waals surface area contributed by atoms with Crippen LogP contribution < -0.4 is 11.1 Å². The summed E-state index contributed by atoms with van der Waals surface area (Å²) in [4.78, 5) is 12.3. The molecule has 0 heterocycles. The second kappa shape index (κ2) is 4.57. The van der Waals surface area contributed by atoms with Gasteiger partial charge in [-0.2, -0.15) is 0 Å². The first-order valence-corrected chi connectivity index (χ1v) is 7.96. The van der Waals surface area contributed by atoms with Gasteiger partial charge in [0, 0.05) is 10.5 Å². The molecule has 1 aromatic carbocycles. The van der Waals surface area contributed by atoms with Crippen LogP contribution in [0.4, 0.5) is 0 Å². The van der Waals surface area contributed by atoms with Gasteiger partial charge in [0.15, 0.2) is 0 Å². The largest absolute Gasteiger partial charge is 0.351 e. The second-order valence-corrected chi connectivity index (χ2v) is 7.69. The second-order valence-electron chi connectivity index (χ2n) is 6.77. The lowest BCUT2D eigenvalue weighted by molar-refractivity contribution is -0.122. The molecule has 0 saturated heterocycles. The van der Waals surface area contributed by atoms with Crippen molar-refractivity contribution >= 4 is 21.8 Å². The highest BCUT2D eigenvalue weighted by molar-refractivity contribution is 9.10. The average molecular weight is 337 g/mol. The Morgan fingerprint density at radius 2 is 1.95 bits per heavy atom. The lowest BCUT2D eigenvalue weighted by atomic mass is 9.88. The summed E-state index contributed by atoms with van der Waals surface area (Å²) in [6.45, 7) is 4.61. The van der Waals surface area contributed by atoms with E-state index in [1.165, 1.54) is 12.8 Å². The minimum Gasteiger partial charge on any atom is -0.351 e. The lowest BCUT2D eigenvalue weighted by Crippen LogP contribution is -2.38. The maximum Gasteiger partial charge on any atom is 0.241 e. The maximum absolute atomic E-state index is 12.3. The van der Waals surface area contributed by atoms with E-state index >= 15 is 0 Å². The molecular weight excluding hydrogens is 316 g/mol. The third-order valence-electron chi connectivity index (χ3n) is 5.44. The molecule has 2 fully saturated rings. The number of halogens is 1. The van der Waals surface area contributed by atoms with Gasteiger partial charge in [-0.3, -0.25) is 4.79 Å². The van der Waals surface area contributed by atoms with Crippen LogP contribution >= 0.6 is 15.9 Å². The Hall–Kier alpha value is -0.870. The van der Waals surface area contributed by atoms with Crippen LogP contribution in [-0.2, 0) is 4.79 Å². The van der Waals surface area contributed by atoms with E-state index in [1.54, 1.807) is 0 Å². The molecule has 0 aliphatic heterocycles. The molecule has 3 nitrogen and oxygen atoms in total. The quantitative estimate of drug-likeness (QED) is 0.887. The minimum atomic E-state index is -0.583. The van der Waals surface area contributed by atoms with Crippen molar-refractivity contribution in [3.8, 4) is 0 Å². The monoisotopic (exact) mass is 336 g/mol. The number of hydrogen-bond donors (Lipinski definition) is 2. The van der Waals surface area contributed by atoms with Gasteiger partial charge in [0.1, 0.15) is 6.04 Å². The van der Waals surface area contributed by atoms with Gasteiger partial charge in [0.25, 0.3) is 0 Å². The zero-order chi connectivity index (χ0) is 14.5. The van der Waals surface area contributed by atoms with E-state index in [9.17, 15) is 4.79 Å². The van der Waals surface area contributed by atoms with Crippen molar-refractivity contribution in [1.82, 2.24) is 5.32 Å². The summed E-state index contributed by atoms with van der Waals surface area (Å²) in [6.07, 6.45) is 3.66. The molecule has 3 rings (SSSR count). The Morgan fingerprint density at radius 1 is 1.35 bits per heavy atom. The number of amides is 1. The smallest absolute Gasteiger partial charge is 0.241 e. The van der Waals surface area contributed by atoms with Crippen molar-refractivity contribution < 1.29 is 4.79 Å². The first-order chi connectivity index (χ1) is 9.36. The zero-order valence-electron chi connectivity index (χ0n) is 11.9. The molecule has 1 aromatic rings. The van der Waals surface area contributed by atoms with Crippen LogP contribution in [0.25, 0.3) is 0 Å². The van der Waals surface area contributed by atoms with Crippen molar-refractivity contribution in [3.63, 3.8) is 0 Å². The first-order valence-electron chi connectivity index (χ1n) is 7.17. The van der Waals surface area contributed by atoms with E-state index in [-0.39, 0.29) is 11.3 Å². The number of rotatable bonds is 4. The normalized spacial score (nSPS) is 31.5. The predicted octanol–water partition coefficient (Wildman–Crippen LogP) is 3.14. The van der Waals surface area contributed by atoms with Crippen molar-refractivity contribution in [2.75, 3.05) is 0 Å². The third-order valence-corrected chi connectivity index (χ3v) is 5.97. The molecule has 3 N–H and O–H groups in total. The maximum atomic E-state index is 12.3. The fourth-order valence-electron chi connectivity index (χ4n) is 3.08. The van der Waals surface area contributed by atoms with Gasteiger partial charge in [-0.25, -0.2) is 0 Å². The van der Waals surface area contributed by atoms with Gasteiger partial charge in [-0.1, -0.05) is 41.9 Å². The summed E-state index contributed by atoms with van der Waals surface area (Å²) < 4.78 is 0.991. The highest BCUT2D eigenvalue weighted by Crippen LogP contribution is 2.69. The molecule has 0 spiro atoms. The van der Waals surface area contributed by atoms with Gasteiger partial charge in [0.2, 0.25) is 5.91 Å². The number of hydrogen-bond acceptors (Lipinski definition) is 2. The lowest BCUT2D eigenvalue weighted by Gasteiger charge is -2.20. The Balaban J connectivity index is 1.61. The van der Waals surface area contributed by atoms with Crippen molar-refractivity contribution in [1.29, 1.82) is 0 Å². The van der Waals surface area contributed by atoms with Crippen LogP contribution in [0.2, 0.25) is 0 Å². The van der Waals surface area contributed by atoms with Gasteiger partial charge in [-0.05, 0) is 47.8 Å². The van der Waals surface area contributed by atoms with E-state index < -0.39 is 6.04 Å². The summed E-state index contributed by atoms with van der Waals surface area (Å²) in [6, 6.07) is 7.32. The number of carbonyl (C=O) groups is 1. The summed E-state index contributed by atoms with van der Waals surface area (Å²) in [5.41, 5.74) is 7.62. The molecule has 0 bridgehead atoms. The van der Waals surface area contributed by atoms with E-state index in [2.05, 4.69) is 35.1 Å². The van der Waals surface area contributed by atoms with Crippen LogP contribution in [0, 0.1) is 10.8 Å². The molecule has 2 aliphatic carbocycles. The highest BCUT2D eigenvalue weighted by atomic mass is 79.9. The zero-order valence-corrected chi connectivity index (χ0v) is 13.5. The fourth-order valence-corrected chi connectivity index (χ4v) is 3.35. The molecule has 3 unspecified atom stereocenters. The highest BCUT2D eigenvalue weighted by Gasteiger charge is 2.66. The van der Waals surface area contributed by atoms with Crippen molar-refractivity contribution in [3.05, 3.63) is 34.3 Å². The number of carbonyl (C=O) groups excluding carboxylic acids is 1. The Kier molecular flexibility index (Phi) is 3.22. The molecule has 20 heavy (non-hydrogen) atoms. The van der Waals surface area contributed by atoms with E-state index in [0.29, 0.717) is 11.5 Å². The number of benzene rings is 1. The topological polar surface area (TPSA) is 55.1 Å². The first kappa shape index (κ1) is 14.1. The number of nitrogens with two attached hydrogens (primary N) is 1. The fraction of sp³-hybridized carbons (Fsp3) is 0.562. The van der Waals surface area contributed by atoms with E-state index in [0.717, 1.165) is 16.5 Å². The van der Waals surface area contributed by atoms with Crippen LogP contribution in [0.15, 0.2) is 28.7 Å². The minimum absolute atomic E-state index is 0.0645. The van der Waals surface area contributed by atoms with Gasteiger partial charge in [0.05, 0.1) is 0 Å². The summed E-state index contributed by atoms with van der Waals surface area (Å²) in [7, 11) is 0. The van der Waals surface area contributed by atoms with Crippen molar-refractivity contribution in [2.45, 2.75) is 45.2 Å². The molecule has 0 aromatic heterocycles. The summed E-state index contributed by atoms with van der Waals surface area (Å²) in [5, 5.41) is 3.13. The Bertz CT molecular complexity index is 538. The van der Waals surface area contributed by atoms with Gasteiger partial charge < -0.3 is 11.1 Å². The van der Waals surface area contributed by atoms with Crippen LogP contribution in [0.1, 0.15) is 44.7 Å². The van der Waals surface area contributed by atoms with E-state index in [4.69, 9.17) is 5.73 Å². The Labute approximate surface area is 128 Å². The van der Waals surface area contributed by atoms with Crippen LogP contribution in [0.3, 0.4) is 0 Å². The number of nitrogens with one attached hydrogen (secondary N) is 1. The molecule has 3 atom stereocenters. The molecule has 1 amide bonds. The molecule has 2 aliphatic rings. The molecule has 2 saturated carbocycles. The SMILES string of the molecule is CC1(C2(C)CC2NC(=O)C(N)c2ccc(Br)cc2)CC1. The third kappa shape index (κ3) is 2.29. The standard InChI is InChI=1S/C16H21BrN2O/c1-15(7-8-15)16(2)9-12(16)19-14(20)13(18)10-3-5-11(17)6-4-10/h3-6,12-13H,7-9,18H2,1-2H3,(H,19,20). The predicted molar refractivity (Wildman–Crippen MR) is 83.1 cm³/mol. The summed E-state index contributed by atoms with van der Waals surface area (Å²) in [5.74, 6) is -0.0645. The molecule has 0 radical (unpaired) electrons.